The number of para-hydroxylation sites is 3. The molecule has 0 amide bonds. The number of morpholine rings is 1. The highest BCUT2D eigenvalue weighted by atomic mass is 32.1. The van der Waals surface area contributed by atoms with Crippen molar-refractivity contribution in [1.82, 2.24) is 4.68 Å². The molecule has 1 fully saturated rings. The molecular weight excluding hydrogens is 502 g/mol. The lowest BCUT2D eigenvalue weighted by molar-refractivity contribution is -0.384. The number of aromatic nitrogens is 1. The molecule has 3 aromatic carbocycles. The zero-order valence-corrected chi connectivity index (χ0v) is 21.1. The topological polar surface area (TPSA) is 98.4 Å². The van der Waals surface area contributed by atoms with Crippen LogP contribution in [0.15, 0.2) is 98.8 Å². The first kappa shape index (κ1) is 23.8. The molecule has 1 saturated heterocycles. The van der Waals surface area contributed by atoms with Crippen LogP contribution >= 0.6 is 11.3 Å². The van der Waals surface area contributed by atoms with Gasteiger partial charge in [0.05, 0.1) is 24.4 Å². The third kappa shape index (κ3) is 4.86. The Morgan fingerprint density at radius 1 is 0.974 bits per heavy atom. The monoisotopic (exact) mass is 525 g/mol. The summed E-state index contributed by atoms with van der Waals surface area (Å²) in [5.41, 5.74) is 3.70. The van der Waals surface area contributed by atoms with Gasteiger partial charge in [0.15, 0.2) is 5.76 Å². The number of hydrogen-bond donors (Lipinski definition) is 0. The minimum absolute atomic E-state index is 0.0691. The van der Waals surface area contributed by atoms with Gasteiger partial charge in [-0.05, 0) is 35.9 Å². The summed E-state index contributed by atoms with van der Waals surface area (Å²) in [6.07, 6.45) is 1.75. The van der Waals surface area contributed by atoms with Crippen LogP contribution < -0.4 is 9.70 Å². The molecule has 0 unspecified atom stereocenters. The van der Waals surface area contributed by atoms with Gasteiger partial charge in [-0.2, -0.15) is 5.10 Å². The molecule has 10 heteroatoms. The Morgan fingerprint density at radius 3 is 2.53 bits per heavy atom. The van der Waals surface area contributed by atoms with Crippen molar-refractivity contribution in [2.24, 2.45) is 10.1 Å². The van der Waals surface area contributed by atoms with Crippen molar-refractivity contribution in [1.29, 1.82) is 0 Å². The third-order valence-corrected chi connectivity index (χ3v) is 7.07. The molecule has 0 N–H and O–H groups in total. The van der Waals surface area contributed by atoms with Gasteiger partial charge in [-0.15, -0.1) is 11.3 Å². The molecule has 0 bridgehead atoms. The van der Waals surface area contributed by atoms with Crippen LogP contribution in [0.25, 0.3) is 22.4 Å². The van der Waals surface area contributed by atoms with Crippen LogP contribution in [0, 0.1) is 10.1 Å². The molecule has 1 aliphatic heterocycles. The second-order valence-electron chi connectivity index (χ2n) is 8.66. The average Bonchev–Trinajstić information content (AvgIpc) is 3.56. The number of benzene rings is 3. The molecule has 6 rings (SSSR count). The Hall–Kier alpha value is -4.54. The number of anilines is 1. The number of fused-ring (bicyclic) bond motifs is 1. The van der Waals surface area contributed by atoms with Gasteiger partial charge in [0.1, 0.15) is 17.0 Å². The predicted molar refractivity (Wildman–Crippen MR) is 148 cm³/mol. The summed E-state index contributed by atoms with van der Waals surface area (Å²) >= 11 is 1.33. The smallest absolute Gasteiger partial charge is 0.294 e. The molecule has 5 aromatic rings. The molecule has 0 atom stereocenters. The molecule has 0 spiro atoms. The normalized spacial score (nSPS) is 14.5. The summed E-state index contributed by atoms with van der Waals surface area (Å²) in [5.74, 6) is 0.631. The summed E-state index contributed by atoms with van der Waals surface area (Å²) < 4.78 is 13.2. The van der Waals surface area contributed by atoms with Crippen molar-refractivity contribution in [2.45, 2.75) is 0 Å². The molecule has 0 saturated carbocycles. The van der Waals surface area contributed by atoms with E-state index in [0.717, 1.165) is 48.5 Å². The second-order valence-corrected chi connectivity index (χ2v) is 9.49. The third-order valence-electron chi connectivity index (χ3n) is 6.25. The minimum Gasteiger partial charge on any atom is -0.454 e. The minimum atomic E-state index is -0.434. The van der Waals surface area contributed by atoms with Gasteiger partial charge >= 0.3 is 0 Å². The van der Waals surface area contributed by atoms with E-state index < -0.39 is 4.92 Å². The van der Waals surface area contributed by atoms with Crippen molar-refractivity contribution < 1.29 is 14.1 Å². The van der Waals surface area contributed by atoms with E-state index in [1.165, 1.54) is 17.4 Å². The molecule has 38 heavy (non-hydrogen) atoms. The molecule has 2 aromatic heterocycles. The van der Waals surface area contributed by atoms with Crippen molar-refractivity contribution in [3.8, 4) is 11.5 Å². The zero-order chi connectivity index (χ0) is 25.9. The quantitative estimate of drug-likeness (QED) is 0.158. The van der Waals surface area contributed by atoms with Gasteiger partial charge in [0.2, 0.25) is 4.80 Å². The van der Waals surface area contributed by atoms with E-state index in [2.05, 4.69) is 22.0 Å². The summed E-state index contributed by atoms with van der Waals surface area (Å²) in [7, 11) is 0. The van der Waals surface area contributed by atoms with Gasteiger partial charge in [-0.25, -0.2) is 9.67 Å². The molecule has 3 heterocycles. The van der Waals surface area contributed by atoms with E-state index >= 15 is 0 Å². The number of nitro groups is 1. The van der Waals surface area contributed by atoms with Crippen molar-refractivity contribution >= 4 is 45.6 Å². The Kier molecular flexibility index (Phi) is 6.55. The lowest BCUT2D eigenvalue weighted by Gasteiger charge is -2.28. The largest absolute Gasteiger partial charge is 0.454 e. The van der Waals surface area contributed by atoms with Gasteiger partial charge < -0.3 is 14.1 Å². The van der Waals surface area contributed by atoms with Crippen LogP contribution in [-0.4, -0.2) is 42.1 Å². The summed E-state index contributed by atoms with van der Waals surface area (Å²) in [6.45, 7) is 3.20. The van der Waals surface area contributed by atoms with E-state index in [0.29, 0.717) is 16.3 Å². The van der Waals surface area contributed by atoms with Gasteiger partial charge in [-0.3, -0.25) is 10.1 Å². The number of nitro benzene ring substituents is 1. The summed E-state index contributed by atoms with van der Waals surface area (Å²) in [6, 6.07) is 24.3. The maximum atomic E-state index is 11.6. The number of thiazole rings is 1. The molecule has 9 nitrogen and oxygen atoms in total. The van der Waals surface area contributed by atoms with Crippen molar-refractivity contribution in [2.75, 3.05) is 31.2 Å². The second kappa shape index (κ2) is 10.4. The molecule has 1 aliphatic rings. The number of hydrogen-bond acceptors (Lipinski definition) is 8. The van der Waals surface area contributed by atoms with E-state index in [9.17, 15) is 10.1 Å². The Morgan fingerprint density at radius 2 is 1.74 bits per heavy atom. The lowest BCUT2D eigenvalue weighted by atomic mass is 10.2. The fraction of sp³-hybridized carbons (Fsp3) is 0.143. The number of rotatable bonds is 6. The Labute approximate surface area is 221 Å². The number of furan rings is 1. The van der Waals surface area contributed by atoms with Crippen molar-refractivity contribution in [3.63, 3.8) is 0 Å². The van der Waals surface area contributed by atoms with E-state index in [-0.39, 0.29) is 11.4 Å². The van der Waals surface area contributed by atoms with E-state index in [1.807, 2.05) is 47.8 Å². The molecule has 0 aliphatic carbocycles. The standard InChI is InChI=1S/C28H23N5O4S/c34-33(35)24-7-3-2-6-23(24)30-28-32(25(19-38-28)27-17-21-5-1-4-8-26(21)37-27)29-18-20-9-11-22(12-10-20)31-13-15-36-16-14-31/h1-12,17-19H,13-16H2. The van der Waals surface area contributed by atoms with Crippen LogP contribution in [0.4, 0.5) is 17.1 Å². The highest BCUT2D eigenvalue weighted by Crippen LogP contribution is 2.30. The van der Waals surface area contributed by atoms with Crippen LogP contribution in [0.1, 0.15) is 5.56 Å². The summed E-state index contributed by atoms with van der Waals surface area (Å²) in [4.78, 5) is 18.5. The fourth-order valence-corrected chi connectivity index (χ4v) is 5.13. The Bertz CT molecular complexity index is 1660. The molecule has 0 radical (unpaired) electrons. The molecule has 190 valence electrons. The van der Waals surface area contributed by atoms with Gasteiger partial charge in [0, 0.05) is 35.6 Å². The zero-order valence-electron chi connectivity index (χ0n) is 20.3. The van der Waals surface area contributed by atoms with Crippen molar-refractivity contribution in [3.05, 3.63) is 105 Å². The highest BCUT2D eigenvalue weighted by molar-refractivity contribution is 7.07. The highest BCUT2D eigenvalue weighted by Gasteiger charge is 2.16. The van der Waals surface area contributed by atoms with E-state index in [4.69, 9.17) is 14.3 Å². The van der Waals surface area contributed by atoms with Crippen LogP contribution in [0.5, 0.6) is 0 Å². The average molecular weight is 526 g/mol. The number of nitrogens with zero attached hydrogens (tertiary/aromatic N) is 5. The van der Waals surface area contributed by atoms with Gasteiger partial charge in [-0.1, -0.05) is 42.5 Å². The first-order valence-corrected chi connectivity index (χ1v) is 13.0. The SMILES string of the molecule is O=[N+]([O-])c1ccccc1N=c1scc(-c2cc3ccccc3o2)n1N=Cc1ccc(N2CCOCC2)cc1. The van der Waals surface area contributed by atoms with Crippen LogP contribution in [-0.2, 0) is 4.74 Å². The fourth-order valence-electron chi connectivity index (χ4n) is 4.30. The molecular formula is C28H23N5O4S. The lowest BCUT2D eigenvalue weighted by Crippen LogP contribution is -2.36. The summed E-state index contributed by atoms with van der Waals surface area (Å²) in [5, 5.41) is 19.2. The first-order chi connectivity index (χ1) is 18.7. The van der Waals surface area contributed by atoms with E-state index in [1.54, 1.807) is 29.1 Å². The number of ether oxygens (including phenoxy) is 1. The van der Waals surface area contributed by atoms with Crippen LogP contribution in [0.2, 0.25) is 0 Å². The van der Waals surface area contributed by atoms with Gasteiger partial charge in [0.25, 0.3) is 5.69 Å². The first-order valence-electron chi connectivity index (χ1n) is 12.1. The Balaban J connectivity index is 1.41. The van der Waals surface area contributed by atoms with Crippen LogP contribution in [0.3, 0.4) is 0 Å². The predicted octanol–water partition coefficient (Wildman–Crippen LogP) is 5.82. The maximum Gasteiger partial charge on any atom is 0.294 e. The maximum absolute atomic E-state index is 11.6.